The SMILES string of the molecule is Cc1cscc1[C@@H](C)OC(=O)Nc1cc(F)sc1C1(C2(C(=O)O)CC2)C=CC(c2ccccc2)C=C1. The zero-order valence-corrected chi connectivity index (χ0v) is 21.5. The first-order valence-electron chi connectivity index (χ1n) is 11.7. The van der Waals surface area contributed by atoms with Crippen LogP contribution in [0.2, 0.25) is 0 Å². The molecule has 0 bridgehead atoms. The number of ether oxygens (including phenoxy) is 1. The number of hydrogen-bond acceptors (Lipinski definition) is 5. The highest BCUT2D eigenvalue weighted by atomic mass is 32.1. The van der Waals surface area contributed by atoms with E-state index in [1.165, 1.54) is 17.4 Å². The molecule has 5 rings (SSSR count). The summed E-state index contributed by atoms with van der Waals surface area (Å²) in [6, 6.07) is 11.1. The van der Waals surface area contributed by atoms with Crippen LogP contribution in [0, 0.1) is 17.5 Å². The van der Waals surface area contributed by atoms with Gasteiger partial charge in [-0.2, -0.15) is 15.7 Å². The second-order valence-corrected chi connectivity index (χ2v) is 11.1. The van der Waals surface area contributed by atoms with Crippen LogP contribution in [0.15, 0.2) is 71.5 Å². The third kappa shape index (κ3) is 4.18. The predicted octanol–water partition coefficient (Wildman–Crippen LogP) is 7.58. The van der Waals surface area contributed by atoms with Gasteiger partial charge in [-0.3, -0.25) is 10.1 Å². The summed E-state index contributed by atoms with van der Waals surface area (Å²) < 4.78 is 20.3. The van der Waals surface area contributed by atoms with Crippen LogP contribution in [-0.4, -0.2) is 17.2 Å². The van der Waals surface area contributed by atoms with E-state index >= 15 is 0 Å². The van der Waals surface area contributed by atoms with Crippen LogP contribution in [0.3, 0.4) is 0 Å². The molecule has 8 heteroatoms. The average molecular weight is 524 g/mol. The molecule has 0 unspecified atom stereocenters. The predicted molar refractivity (Wildman–Crippen MR) is 140 cm³/mol. The summed E-state index contributed by atoms with van der Waals surface area (Å²) >= 11 is 2.39. The third-order valence-electron chi connectivity index (χ3n) is 7.20. The van der Waals surface area contributed by atoms with Crippen molar-refractivity contribution < 1.29 is 23.8 Å². The molecule has 186 valence electrons. The van der Waals surface area contributed by atoms with Crippen molar-refractivity contribution in [1.82, 2.24) is 0 Å². The van der Waals surface area contributed by atoms with Gasteiger partial charge >= 0.3 is 12.1 Å². The van der Waals surface area contributed by atoms with Crippen LogP contribution in [0.1, 0.15) is 53.4 Å². The van der Waals surface area contributed by atoms with E-state index in [9.17, 15) is 19.1 Å². The Labute approximate surface area is 216 Å². The highest BCUT2D eigenvalue weighted by Gasteiger charge is 2.65. The number of allylic oxidation sites excluding steroid dienone is 4. The number of benzene rings is 1. The lowest BCUT2D eigenvalue weighted by atomic mass is 9.67. The van der Waals surface area contributed by atoms with Crippen molar-refractivity contribution in [2.75, 3.05) is 5.32 Å². The minimum absolute atomic E-state index is 0.0233. The van der Waals surface area contributed by atoms with E-state index < -0.39 is 34.1 Å². The van der Waals surface area contributed by atoms with Gasteiger partial charge in [0.2, 0.25) is 0 Å². The lowest BCUT2D eigenvalue weighted by Crippen LogP contribution is -2.40. The first kappa shape index (κ1) is 24.5. The minimum atomic E-state index is -1.10. The Bertz CT molecular complexity index is 1340. The maximum Gasteiger partial charge on any atom is 0.412 e. The van der Waals surface area contributed by atoms with Gasteiger partial charge in [-0.25, -0.2) is 4.79 Å². The number of aliphatic carboxylic acids is 1. The zero-order valence-electron chi connectivity index (χ0n) is 19.9. The molecule has 2 N–H and O–H groups in total. The lowest BCUT2D eigenvalue weighted by Gasteiger charge is -2.37. The minimum Gasteiger partial charge on any atom is -0.481 e. The van der Waals surface area contributed by atoms with Gasteiger partial charge in [0, 0.05) is 22.4 Å². The monoisotopic (exact) mass is 523 g/mol. The number of amides is 1. The first-order valence-corrected chi connectivity index (χ1v) is 13.5. The van der Waals surface area contributed by atoms with Crippen molar-refractivity contribution in [2.24, 2.45) is 5.41 Å². The van der Waals surface area contributed by atoms with Gasteiger partial charge in [0.1, 0.15) is 6.10 Å². The summed E-state index contributed by atoms with van der Waals surface area (Å²) in [5.41, 5.74) is 1.07. The second-order valence-electron chi connectivity index (χ2n) is 9.39. The molecule has 1 fully saturated rings. The molecular weight excluding hydrogens is 497 g/mol. The molecule has 0 spiro atoms. The number of carboxylic acids is 1. The highest BCUT2D eigenvalue weighted by Crippen LogP contribution is 2.64. The molecule has 0 saturated heterocycles. The molecule has 5 nitrogen and oxygen atoms in total. The fraction of sp³-hybridized carbons (Fsp3) is 0.286. The zero-order chi connectivity index (χ0) is 25.5. The Morgan fingerprint density at radius 2 is 1.86 bits per heavy atom. The number of carboxylic acid groups (broad SMARTS) is 1. The molecule has 1 amide bonds. The van der Waals surface area contributed by atoms with Gasteiger partial charge in [-0.15, -0.1) is 11.3 Å². The highest BCUT2D eigenvalue weighted by molar-refractivity contribution is 7.11. The Balaban J connectivity index is 1.47. The maximum absolute atomic E-state index is 14.7. The summed E-state index contributed by atoms with van der Waals surface area (Å²) in [6.45, 7) is 3.73. The van der Waals surface area contributed by atoms with E-state index in [2.05, 4.69) is 5.32 Å². The number of carbonyl (C=O) groups excluding carboxylic acids is 1. The Morgan fingerprint density at radius 3 is 2.44 bits per heavy atom. The summed E-state index contributed by atoms with van der Waals surface area (Å²) in [5, 5.41) is 16.3. The largest absolute Gasteiger partial charge is 0.481 e. The molecule has 2 aromatic heterocycles. The average Bonchev–Trinajstić information content (AvgIpc) is 3.46. The van der Waals surface area contributed by atoms with E-state index in [0.29, 0.717) is 17.7 Å². The number of anilines is 1. The lowest BCUT2D eigenvalue weighted by molar-refractivity contribution is -0.144. The van der Waals surface area contributed by atoms with E-state index in [1.807, 2.05) is 72.3 Å². The number of rotatable bonds is 7. The van der Waals surface area contributed by atoms with E-state index in [-0.39, 0.29) is 11.6 Å². The van der Waals surface area contributed by atoms with Gasteiger partial charge in [-0.1, -0.05) is 54.6 Å². The van der Waals surface area contributed by atoms with Crippen LogP contribution in [-0.2, 0) is 14.9 Å². The number of aryl methyl sites for hydroxylation is 1. The van der Waals surface area contributed by atoms with E-state index in [4.69, 9.17) is 4.74 Å². The second kappa shape index (κ2) is 9.33. The third-order valence-corrected chi connectivity index (χ3v) is 9.15. The first-order chi connectivity index (χ1) is 17.3. The molecule has 3 aromatic rings. The van der Waals surface area contributed by atoms with E-state index in [0.717, 1.165) is 28.0 Å². The molecule has 2 aliphatic carbocycles. The number of hydrogen-bond donors (Lipinski definition) is 2. The van der Waals surface area contributed by atoms with Gasteiger partial charge in [-0.05, 0) is 48.6 Å². The molecule has 2 heterocycles. The van der Waals surface area contributed by atoms with Crippen molar-refractivity contribution >= 4 is 40.4 Å². The standard InChI is InChI=1S/C28H26FNO4S2/c1-17-15-35-16-21(17)18(2)34-26(33)30-22-14-23(29)36-24(22)27(28(12-13-28)25(31)32)10-8-20(9-11-27)19-6-4-3-5-7-19/h3-11,14-16,18,20H,12-13H2,1-2H3,(H,30,33)(H,31,32)/t18-,20?,27?/m1/s1. The molecule has 0 radical (unpaired) electrons. The van der Waals surface area contributed by atoms with Crippen LogP contribution >= 0.6 is 22.7 Å². The molecule has 2 aliphatic rings. The van der Waals surface area contributed by atoms with Gasteiger partial charge < -0.3 is 9.84 Å². The number of halogens is 1. The van der Waals surface area contributed by atoms with Crippen LogP contribution in [0.25, 0.3) is 0 Å². The van der Waals surface area contributed by atoms with Gasteiger partial charge in [0.05, 0.1) is 16.5 Å². The van der Waals surface area contributed by atoms with Gasteiger partial charge in [0.25, 0.3) is 0 Å². The smallest absolute Gasteiger partial charge is 0.412 e. The molecular formula is C28H26FNO4S2. The van der Waals surface area contributed by atoms with Crippen molar-refractivity contribution in [1.29, 1.82) is 0 Å². The molecule has 1 atom stereocenters. The van der Waals surface area contributed by atoms with Crippen LogP contribution < -0.4 is 5.32 Å². The fourth-order valence-corrected chi connectivity index (χ4v) is 7.08. The number of nitrogens with one attached hydrogen (secondary N) is 1. The van der Waals surface area contributed by atoms with Crippen molar-refractivity contribution in [3.63, 3.8) is 0 Å². The van der Waals surface area contributed by atoms with Crippen LogP contribution in [0.4, 0.5) is 14.9 Å². The Morgan fingerprint density at radius 1 is 1.17 bits per heavy atom. The quantitative estimate of drug-likeness (QED) is 0.313. The van der Waals surface area contributed by atoms with Crippen LogP contribution in [0.5, 0.6) is 0 Å². The fourth-order valence-electron chi connectivity index (χ4n) is 5.06. The summed E-state index contributed by atoms with van der Waals surface area (Å²) in [4.78, 5) is 25.8. The van der Waals surface area contributed by atoms with Crippen molar-refractivity contribution in [3.8, 4) is 0 Å². The molecule has 1 aromatic carbocycles. The van der Waals surface area contributed by atoms with Gasteiger partial charge in [0.15, 0.2) is 5.13 Å². The summed E-state index contributed by atoms with van der Waals surface area (Å²) in [7, 11) is 0. The normalized spacial score (nSPS) is 22.7. The van der Waals surface area contributed by atoms with E-state index in [1.54, 1.807) is 6.92 Å². The summed E-state index contributed by atoms with van der Waals surface area (Å²) in [5.74, 6) is -0.955. The number of carbonyl (C=O) groups is 2. The van der Waals surface area contributed by atoms with Crippen molar-refractivity contribution in [2.45, 2.75) is 44.1 Å². The topological polar surface area (TPSA) is 75.6 Å². The summed E-state index contributed by atoms with van der Waals surface area (Å²) in [6.07, 6.45) is 7.44. The Kier molecular flexibility index (Phi) is 6.34. The molecule has 1 saturated carbocycles. The van der Waals surface area contributed by atoms with Crippen molar-refractivity contribution in [3.05, 3.63) is 98.2 Å². The molecule has 0 aliphatic heterocycles. The number of thiophene rings is 2. The molecule has 36 heavy (non-hydrogen) atoms. The maximum atomic E-state index is 14.7. The Hall–Kier alpha value is -3.23.